The van der Waals surface area contributed by atoms with Crippen LogP contribution in [-0.4, -0.2) is 17.9 Å². The average molecular weight is 328 g/mol. The standard InChI is InChI=1S/C18H17FN2O3/c1-11-18(23)21-15-10-14(7-8-16(15)24-11)20-17(22)9-4-12-2-5-13(19)6-3-12/h2-3,5-8,10-11H,4,9H2,1H3,(H,20,22)(H,21,23)/t11-/m0/s1. The van der Waals surface area contributed by atoms with Crippen LogP contribution in [0.3, 0.4) is 0 Å². The number of carbonyl (C=O) groups excluding carboxylic acids is 2. The molecule has 0 unspecified atom stereocenters. The second-order valence-corrected chi connectivity index (χ2v) is 5.63. The van der Waals surface area contributed by atoms with Gasteiger partial charge in [-0.15, -0.1) is 0 Å². The number of nitrogens with one attached hydrogen (secondary N) is 2. The molecular weight excluding hydrogens is 311 g/mol. The zero-order valence-electron chi connectivity index (χ0n) is 13.1. The molecule has 0 aliphatic carbocycles. The van der Waals surface area contributed by atoms with Crippen molar-refractivity contribution in [3.05, 3.63) is 53.8 Å². The van der Waals surface area contributed by atoms with Crippen LogP contribution in [0.2, 0.25) is 0 Å². The van der Waals surface area contributed by atoms with Crippen molar-refractivity contribution in [1.82, 2.24) is 0 Å². The molecule has 0 bridgehead atoms. The van der Waals surface area contributed by atoms with Crippen LogP contribution in [0.4, 0.5) is 15.8 Å². The van der Waals surface area contributed by atoms with E-state index in [2.05, 4.69) is 10.6 Å². The number of amides is 2. The average Bonchev–Trinajstić information content (AvgIpc) is 2.56. The van der Waals surface area contributed by atoms with E-state index in [-0.39, 0.29) is 24.1 Å². The maximum atomic E-state index is 12.8. The number of rotatable bonds is 4. The van der Waals surface area contributed by atoms with E-state index in [1.807, 2.05) is 0 Å². The molecule has 0 spiro atoms. The number of hydrogen-bond donors (Lipinski definition) is 2. The summed E-state index contributed by atoms with van der Waals surface area (Å²) in [5.41, 5.74) is 2.01. The molecule has 0 saturated carbocycles. The topological polar surface area (TPSA) is 67.4 Å². The molecule has 0 fully saturated rings. The van der Waals surface area contributed by atoms with Crippen molar-refractivity contribution in [3.63, 3.8) is 0 Å². The number of hydrogen-bond acceptors (Lipinski definition) is 3. The first-order valence-corrected chi connectivity index (χ1v) is 7.67. The highest BCUT2D eigenvalue weighted by molar-refractivity contribution is 5.99. The number of halogens is 1. The number of benzene rings is 2. The Bertz CT molecular complexity index is 774. The predicted octanol–water partition coefficient (Wildman–Crippen LogP) is 3.12. The van der Waals surface area contributed by atoms with E-state index in [1.165, 1.54) is 12.1 Å². The fourth-order valence-electron chi connectivity index (χ4n) is 2.42. The molecule has 1 atom stereocenters. The van der Waals surface area contributed by atoms with Gasteiger partial charge in [0.25, 0.3) is 5.91 Å². The van der Waals surface area contributed by atoms with Gasteiger partial charge in [-0.3, -0.25) is 9.59 Å². The van der Waals surface area contributed by atoms with Crippen molar-refractivity contribution in [2.75, 3.05) is 10.6 Å². The lowest BCUT2D eigenvalue weighted by molar-refractivity contribution is -0.122. The molecular formula is C18H17FN2O3. The summed E-state index contributed by atoms with van der Waals surface area (Å²) in [5.74, 6) is -0.0970. The lowest BCUT2D eigenvalue weighted by Gasteiger charge is -2.23. The lowest BCUT2D eigenvalue weighted by atomic mass is 10.1. The van der Waals surface area contributed by atoms with Crippen LogP contribution in [0.25, 0.3) is 0 Å². The SMILES string of the molecule is C[C@@H]1Oc2ccc(NC(=O)CCc3ccc(F)cc3)cc2NC1=O. The van der Waals surface area contributed by atoms with Crippen molar-refractivity contribution < 1.29 is 18.7 Å². The normalized spacial score (nSPS) is 15.9. The van der Waals surface area contributed by atoms with Gasteiger partial charge >= 0.3 is 0 Å². The molecule has 2 aromatic rings. The monoisotopic (exact) mass is 328 g/mol. The molecule has 1 heterocycles. The highest BCUT2D eigenvalue weighted by Gasteiger charge is 2.23. The third-order valence-corrected chi connectivity index (χ3v) is 3.75. The van der Waals surface area contributed by atoms with Crippen LogP contribution in [0.1, 0.15) is 18.9 Å². The Morgan fingerprint density at radius 2 is 2.00 bits per heavy atom. The lowest BCUT2D eigenvalue weighted by Crippen LogP contribution is -2.34. The summed E-state index contributed by atoms with van der Waals surface area (Å²) in [6.07, 6.45) is 0.269. The Morgan fingerprint density at radius 3 is 2.75 bits per heavy atom. The molecule has 1 aliphatic rings. The smallest absolute Gasteiger partial charge is 0.265 e. The summed E-state index contributed by atoms with van der Waals surface area (Å²) in [4.78, 5) is 23.7. The van der Waals surface area contributed by atoms with Crippen molar-refractivity contribution in [2.24, 2.45) is 0 Å². The maximum Gasteiger partial charge on any atom is 0.265 e. The number of aryl methyl sites for hydroxylation is 1. The van der Waals surface area contributed by atoms with Crippen LogP contribution in [-0.2, 0) is 16.0 Å². The highest BCUT2D eigenvalue weighted by Crippen LogP contribution is 2.32. The van der Waals surface area contributed by atoms with Gasteiger partial charge in [-0.25, -0.2) is 4.39 Å². The minimum absolute atomic E-state index is 0.157. The van der Waals surface area contributed by atoms with Crippen LogP contribution >= 0.6 is 0 Å². The Balaban J connectivity index is 1.59. The first kappa shape index (κ1) is 16.0. The summed E-state index contributed by atoms with van der Waals surface area (Å²) >= 11 is 0. The Kier molecular flexibility index (Phi) is 4.46. The highest BCUT2D eigenvalue weighted by atomic mass is 19.1. The minimum atomic E-state index is -0.534. The van der Waals surface area contributed by atoms with Gasteiger partial charge in [0.15, 0.2) is 6.10 Å². The van der Waals surface area contributed by atoms with Gasteiger partial charge in [0.05, 0.1) is 5.69 Å². The largest absolute Gasteiger partial charge is 0.479 e. The Labute approximate surface area is 138 Å². The molecule has 0 saturated heterocycles. The van der Waals surface area contributed by atoms with E-state index in [0.717, 1.165) is 5.56 Å². The van der Waals surface area contributed by atoms with Crippen LogP contribution in [0.15, 0.2) is 42.5 Å². The van der Waals surface area contributed by atoms with Crippen LogP contribution < -0.4 is 15.4 Å². The number of anilines is 2. The summed E-state index contributed by atoms with van der Waals surface area (Å²) in [6.45, 7) is 1.67. The molecule has 2 amide bonds. The van der Waals surface area contributed by atoms with Gasteiger partial charge in [0, 0.05) is 12.1 Å². The summed E-state index contributed by atoms with van der Waals surface area (Å²) in [5, 5.41) is 5.52. The first-order chi connectivity index (χ1) is 11.5. The summed E-state index contributed by atoms with van der Waals surface area (Å²) < 4.78 is 18.3. The quantitative estimate of drug-likeness (QED) is 0.906. The number of carbonyl (C=O) groups is 2. The van der Waals surface area contributed by atoms with Gasteiger partial charge in [-0.05, 0) is 49.2 Å². The van der Waals surface area contributed by atoms with Crippen molar-refractivity contribution >= 4 is 23.2 Å². The Hall–Kier alpha value is -2.89. The fourth-order valence-corrected chi connectivity index (χ4v) is 2.42. The molecule has 2 N–H and O–H groups in total. The van der Waals surface area contributed by atoms with Crippen LogP contribution in [0.5, 0.6) is 5.75 Å². The van der Waals surface area contributed by atoms with Crippen LogP contribution in [0, 0.1) is 5.82 Å². The Morgan fingerprint density at radius 1 is 1.25 bits per heavy atom. The van der Waals surface area contributed by atoms with E-state index in [0.29, 0.717) is 23.5 Å². The minimum Gasteiger partial charge on any atom is -0.479 e. The second-order valence-electron chi connectivity index (χ2n) is 5.63. The molecule has 6 heteroatoms. The zero-order chi connectivity index (χ0) is 17.1. The predicted molar refractivity (Wildman–Crippen MR) is 88.5 cm³/mol. The molecule has 3 rings (SSSR count). The molecule has 24 heavy (non-hydrogen) atoms. The molecule has 2 aromatic carbocycles. The van der Waals surface area contributed by atoms with Gasteiger partial charge < -0.3 is 15.4 Å². The summed E-state index contributed by atoms with van der Waals surface area (Å²) in [7, 11) is 0. The van der Waals surface area contributed by atoms with Gasteiger partial charge in [0.1, 0.15) is 11.6 Å². The number of ether oxygens (including phenoxy) is 1. The van der Waals surface area contributed by atoms with Crippen molar-refractivity contribution in [1.29, 1.82) is 0 Å². The van der Waals surface area contributed by atoms with Gasteiger partial charge in [-0.1, -0.05) is 12.1 Å². The van der Waals surface area contributed by atoms with E-state index >= 15 is 0 Å². The molecule has 0 aromatic heterocycles. The first-order valence-electron chi connectivity index (χ1n) is 7.67. The zero-order valence-corrected chi connectivity index (χ0v) is 13.1. The summed E-state index contributed by atoms with van der Waals surface area (Å²) in [6, 6.07) is 11.2. The van der Waals surface area contributed by atoms with E-state index in [9.17, 15) is 14.0 Å². The van der Waals surface area contributed by atoms with Gasteiger partial charge in [0.2, 0.25) is 5.91 Å². The molecule has 124 valence electrons. The third-order valence-electron chi connectivity index (χ3n) is 3.75. The maximum absolute atomic E-state index is 12.8. The van der Waals surface area contributed by atoms with E-state index in [1.54, 1.807) is 37.3 Å². The molecule has 5 nitrogen and oxygen atoms in total. The fraction of sp³-hybridized carbons (Fsp3) is 0.222. The van der Waals surface area contributed by atoms with E-state index < -0.39 is 6.10 Å². The molecule has 1 aliphatic heterocycles. The van der Waals surface area contributed by atoms with Gasteiger partial charge in [-0.2, -0.15) is 0 Å². The van der Waals surface area contributed by atoms with Crippen molar-refractivity contribution in [2.45, 2.75) is 25.9 Å². The second kappa shape index (κ2) is 6.70. The van der Waals surface area contributed by atoms with Crippen molar-refractivity contribution in [3.8, 4) is 5.75 Å². The number of fused-ring (bicyclic) bond motifs is 1. The molecule has 0 radical (unpaired) electrons. The van der Waals surface area contributed by atoms with E-state index in [4.69, 9.17) is 4.74 Å². The third kappa shape index (κ3) is 3.71.